The maximum Gasteiger partial charge on any atom is 0.335 e. The molecular formula is C15H14ClNO2. The molecule has 3 nitrogen and oxygen atoms in total. The Morgan fingerprint density at radius 1 is 1.21 bits per heavy atom. The number of aromatic carboxylic acids is 1. The number of anilines is 1. The summed E-state index contributed by atoms with van der Waals surface area (Å²) in [6, 6.07) is 12.4. The summed E-state index contributed by atoms with van der Waals surface area (Å²) >= 11 is 5.91. The van der Waals surface area contributed by atoms with E-state index in [1.54, 1.807) is 24.3 Å². The van der Waals surface area contributed by atoms with E-state index in [1.807, 2.05) is 25.1 Å². The quantitative estimate of drug-likeness (QED) is 0.888. The third-order valence-electron chi connectivity index (χ3n) is 2.92. The highest BCUT2D eigenvalue weighted by atomic mass is 35.5. The van der Waals surface area contributed by atoms with Gasteiger partial charge in [0.25, 0.3) is 0 Å². The third-order valence-corrected chi connectivity index (χ3v) is 3.15. The topological polar surface area (TPSA) is 49.3 Å². The molecule has 2 N–H and O–H groups in total. The van der Waals surface area contributed by atoms with Gasteiger partial charge in [-0.2, -0.15) is 0 Å². The Kier molecular flexibility index (Phi) is 4.07. The number of carboxylic acids is 1. The van der Waals surface area contributed by atoms with Crippen molar-refractivity contribution in [3.63, 3.8) is 0 Å². The molecule has 0 radical (unpaired) electrons. The summed E-state index contributed by atoms with van der Waals surface area (Å²) < 4.78 is 0. The molecule has 19 heavy (non-hydrogen) atoms. The number of carbonyl (C=O) groups is 1. The van der Waals surface area contributed by atoms with Gasteiger partial charge in [0.1, 0.15) is 0 Å². The minimum Gasteiger partial charge on any atom is -0.478 e. The second kappa shape index (κ2) is 5.76. The van der Waals surface area contributed by atoms with Gasteiger partial charge in [0, 0.05) is 17.3 Å². The number of benzene rings is 2. The Balaban J connectivity index is 2.04. The first-order valence-electron chi connectivity index (χ1n) is 5.88. The largest absolute Gasteiger partial charge is 0.478 e. The molecule has 0 aliphatic rings. The van der Waals surface area contributed by atoms with Gasteiger partial charge in [0.05, 0.1) is 5.56 Å². The summed E-state index contributed by atoms with van der Waals surface area (Å²) in [6.45, 7) is 2.69. The zero-order valence-electron chi connectivity index (χ0n) is 10.5. The first kappa shape index (κ1) is 13.4. The van der Waals surface area contributed by atoms with Crippen molar-refractivity contribution in [3.05, 3.63) is 64.2 Å². The highest BCUT2D eigenvalue weighted by molar-refractivity contribution is 6.30. The first-order chi connectivity index (χ1) is 9.06. The van der Waals surface area contributed by atoms with Gasteiger partial charge >= 0.3 is 5.97 Å². The second-order valence-corrected chi connectivity index (χ2v) is 4.74. The average Bonchev–Trinajstić information content (AvgIpc) is 2.38. The van der Waals surface area contributed by atoms with Gasteiger partial charge in [0.2, 0.25) is 0 Å². The minimum absolute atomic E-state index is 0.285. The van der Waals surface area contributed by atoms with Gasteiger partial charge in [-0.15, -0.1) is 0 Å². The van der Waals surface area contributed by atoms with Crippen molar-refractivity contribution in [2.24, 2.45) is 0 Å². The molecule has 0 atom stereocenters. The summed E-state index contributed by atoms with van der Waals surface area (Å²) in [7, 11) is 0. The van der Waals surface area contributed by atoms with Crippen LogP contribution >= 0.6 is 11.6 Å². The van der Waals surface area contributed by atoms with Gasteiger partial charge in [-0.05, 0) is 54.4 Å². The minimum atomic E-state index is -0.917. The van der Waals surface area contributed by atoms with Crippen molar-refractivity contribution in [1.29, 1.82) is 0 Å². The van der Waals surface area contributed by atoms with Crippen LogP contribution in [-0.2, 0) is 6.54 Å². The van der Waals surface area contributed by atoms with Gasteiger partial charge in [-0.1, -0.05) is 17.7 Å². The molecule has 0 fully saturated rings. The van der Waals surface area contributed by atoms with Crippen molar-refractivity contribution in [1.82, 2.24) is 0 Å². The molecule has 0 amide bonds. The van der Waals surface area contributed by atoms with Crippen LogP contribution in [-0.4, -0.2) is 11.1 Å². The highest BCUT2D eigenvalue weighted by Gasteiger charge is 2.02. The zero-order chi connectivity index (χ0) is 13.8. The van der Waals surface area contributed by atoms with E-state index in [4.69, 9.17) is 16.7 Å². The van der Waals surface area contributed by atoms with Crippen LogP contribution < -0.4 is 5.32 Å². The van der Waals surface area contributed by atoms with Gasteiger partial charge in [-0.25, -0.2) is 4.79 Å². The molecular weight excluding hydrogens is 262 g/mol. The normalized spacial score (nSPS) is 10.2. The molecule has 0 bridgehead atoms. The molecule has 0 unspecified atom stereocenters. The van der Waals surface area contributed by atoms with Crippen LogP contribution in [0.5, 0.6) is 0 Å². The summed E-state index contributed by atoms with van der Waals surface area (Å²) in [6.07, 6.45) is 0. The number of carboxylic acid groups (broad SMARTS) is 1. The molecule has 0 spiro atoms. The van der Waals surface area contributed by atoms with Crippen molar-refractivity contribution in [3.8, 4) is 0 Å². The second-order valence-electron chi connectivity index (χ2n) is 4.31. The molecule has 4 heteroatoms. The highest BCUT2D eigenvalue weighted by Crippen LogP contribution is 2.17. The molecule has 2 aromatic rings. The van der Waals surface area contributed by atoms with Crippen molar-refractivity contribution < 1.29 is 9.90 Å². The van der Waals surface area contributed by atoms with Gasteiger partial charge < -0.3 is 10.4 Å². The van der Waals surface area contributed by atoms with Crippen molar-refractivity contribution >= 4 is 23.3 Å². The lowest BCUT2D eigenvalue weighted by molar-refractivity contribution is 0.0697. The first-order valence-corrected chi connectivity index (χ1v) is 6.26. The lowest BCUT2D eigenvalue weighted by Crippen LogP contribution is -2.02. The molecule has 0 aliphatic heterocycles. The Labute approximate surface area is 116 Å². The Morgan fingerprint density at radius 2 is 1.89 bits per heavy atom. The molecule has 0 aromatic heterocycles. The summed E-state index contributed by atoms with van der Waals surface area (Å²) in [5.74, 6) is -0.917. The number of hydrogen-bond donors (Lipinski definition) is 2. The lowest BCUT2D eigenvalue weighted by Gasteiger charge is -2.09. The van der Waals surface area contributed by atoms with Crippen LogP contribution in [0.2, 0.25) is 5.02 Å². The fraction of sp³-hybridized carbons (Fsp3) is 0.133. The van der Waals surface area contributed by atoms with Crippen LogP contribution in [0.15, 0.2) is 42.5 Å². The van der Waals surface area contributed by atoms with E-state index in [0.717, 1.165) is 21.8 Å². The fourth-order valence-electron chi connectivity index (χ4n) is 1.79. The van der Waals surface area contributed by atoms with E-state index >= 15 is 0 Å². The fourth-order valence-corrected chi connectivity index (χ4v) is 2.01. The maximum atomic E-state index is 10.7. The van der Waals surface area contributed by atoms with E-state index < -0.39 is 5.97 Å². The number of nitrogens with one attached hydrogen (secondary N) is 1. The summed E-state index contributed by atoms with van der Waals surface area (Å²) in [5.41, 5.74) is 3.46. The predicted octanol–water partition coefficient (Wildman–Crippen LogP) is 3.96. The van der Waals surface area contributed by atoms with Crippen LogP contribution in [0.25, 0.3) is 0 Å². The van der Waals surface area contributed by atoms with Crippen LogP contribution in [0.1, 0.15) is 21.5 Å². The van der Waals surface area contributed by atoms with Crippen molar-refractivity contribution in [2.75, 3.05) is 5.32 Å². The third kappa shape index (κ3) is 3.48. The molecule has 98 valence electrons. The average molecular weight is 276 g/mol. The number of hydrogen-bond acceptors (Lipinski definition) is 2. The Bertz CT molecular complexity index is 594. The lowest BCUT2D eigenvalue weighted by atomic mass is 10.1. The SMILES string of the molecule is Cc1cc(Cl)ccc1CNc1ccc(C(=O)O)cc1. The molecule has 2 aromatic carbocycles. The molecule has 0 saturated heterocycles. The standard InChI is InChI=1S/C15H14ClNO2/c1-10-8-13(16)5-2-12(10)9-17-14-6-3-11(4-7-14)15(18)19/h2-8,17H,9H2,1H3,(H,18,19). The molecule has 2 rings (SSSR count). The van der Waals surface area contributed by atoms with Crippen LogP contribution in [0.3, 0.4) is 0 Å². The monoisotopic (exact) mass is 275 g/mol. The molecule has 0 saturated carbocycles. The number of aryl methyl sites for hydroxylation is 1. The maximum absolute atomic E-state index is 10.7. The van der Waals surface area contributed by atoms with Crippen LogP contribution in [0, 0.1) is 6.92 Å². The van der Waals surface area contributed by atoms with E-state index in [1.165, 1.54) is 0 Å². The molecule has 0 aliphatic carbocycles. The van der Waals surface area contributed by atoms with E-state index in [9.17, 15) is 4.79 Å². The van der Waals surface area contributed by atoms with Gasteiger partial charge in [0.15, 0.2) is 0 Å². The van der Waals surface area contributed by atoms with E-state index in [-0.39, 0.29) is 5.56 Å². The summed E-state index contributed by atoms with van der Waals surface area (Å²) in [4.78, 5) is 10.7. The zero-order valence-corrected chi connectivity index (χ0v) is 11.2. The predicted molar refractivity (Wildman–Crippen MR) is 76.9 cm³/mol. The number of rotatable bonds is 4. The Hall–Kier alpha value is -2.00. The smallest absolute Gasteiger partial charge is 0.335 e. The number of halogens is 1. The Morgan fingerprint density at radius 3 is 2.47 bits per heavy atom. The van der Waals surface area contributed by atoms with E-state index in [2.05, 4.69) is 5.32 Å². The van der Waals surface area contributed by atoms with Crippen LogP contribution in [0.4, 0.5) is 5.69 Å². The summed E-state index contributed by atoms with van der Waals surface area (Å²) in [5, 5.41) is 12.8. The molecule has 0 heterocycles. The van der Waals surface area contributed by atoms with E-state index in [0.29, 0.717) is 6.54 Å². The van der Waals surface area contributed by atoms with Crippen molar-refractivity contribution in [2.45, 2.75) is 13.5 Å². The van der Waals surface area contributed by atoms with Gasteiger partial charge in [-0.3, -0.25) is 0 Å².